The predicted molar refractivity (Wildman–Crippen MR) is 130 cm³/mol. The van der Waals surface area contributed by atoms with Gasteiger partial charge in [-0.3, -0.25) is 9.59 Å². The molecule has 6 nitrogen and oxygen atoms in total. The average molecular weight is 494 g/mol. The van der Waals surface area contributed by atoms with Crippen LogP contribution in [0.1, 0.15) is 76.9 Å². The molecule has 0 aromatic carbocycles. The van der Waals surface area contributed by atoms with Gasteiger partial charge in [-0.2, -0.15) is 0 Å². The molecular formula is C26H36FNO5S. The van der Waals surface area contributed by atoms with E-state index in [-0.39, 0.29) is 18.1 Å². The first-order valence-corrected chi connectivity index (χ1v) is 12.9. The van der Waals surface area contributed by atoms with Crippen LogP contribution in [0.15, 0.2) is 22.6 Å². The molecule has 6 atom stereocenters. The number of nitrogens with zero attached hydrogens (tertiary/aromatic N) is 1. The number of fused-ring (bicyclic) bond motifs is 2. The number of halogens is 1. The van der Waals surface area contributed by atoms with Gasteiger partial charge in [-0.05, 0) is 57.1 Å². The van der Waals surface area contributed by atoms with Crippen LogP contribution in [0.4, 0.5) is 4.39 Å². The Hall–Kier alpha value is -1.90. The zero-order valence-electron chi connectivity index (χ0n) is 20.4. The molecule has 8 heteroatoms. The Morgan fingerprint density at radius 1 is 1.38 bits per heavy atom. The smallest absolute Gasteiger partial charge is 0.309 e. The molecule has 1 saturated carbocycles. The van der Waals surface area contributed by atoms with Crippen LogP contribution in [0, 0.1) is 17.3 Å². The number of hydrogen-bond donors (Lipinski definition) is 2. The summed E-state index contributed by atoms with van der Waals surface area (Å²) in [6.07, 6.45) is 4.31. The van der Waals surface area contributed by atoms with Crippen LogP contribution in [-0.2, 0) is 21.0 Å². The van der Waals surface area contributed by atoms with Crippen molar-refractivity contribution in [2.45, 2.75) is 91.2 Å². The van der Waals surface area contributed by atoms with Gasteiger partial charge in [0, 0.05) is 17.7 Å². The molecule has 188 valence electrons. The molecular weight excluding hydrogens is 457 g/mol. The van der Waals surface area contributed by atoms with E-state index in [2.05, 4.69) is 11.1 Å². The normalized spacial score (nSPS) is 35.8. The number of carbonyl (C=O) groups is 2. The highest BCUT2D eigenvalue weighted by Crippen LogP contribution is 2.44. The highest BCUT2D eigenvalue weighted by molar-refractivity contribution is 7.09. The van der Waals surface area contributed by atoms with Crippen LogP contribution in [0.5, 0.6) is 0 Å². The van der Waals surface area contributed by atoms with E-state index in [4.69, 9.17) is 4.74 Å². The van der Waals surface area contributed by atoms with Crippen molar-refractivity contribution < 1.29 is 28.9 Å². The molecule has 0 unspecified atom stereocenters. The molecule has 3 rings (SSSR count). The molecule has 0 saturated heterocycles. The lowest BCUT2D eigenvalue weighted by Crippen LogP contribution is -2.54. The summed E-state index contributed by atoms with van der Waals surface area (Å²) in [4.78, 5) is 30.1. The Bertz CT molecular complexity index is 957. The van der Waals surface area contributed by atoms with Crippen molar-refractivity contribution in [3.05, 3.63) is 33.3 Å². The first-order valence-electron chi connectivity index (χ1n) is 12.0. The fourth-order valence-corrected chi connectivity index (χ4v) is 5.77. The van der Waals surface area contributed by atoms with Crippen molar-refractivity contribution in [3.8, 4) is 0 Å². The zero-order valence-corrected chi connectivity index (χ0v) is 21.2. The lowest BCUT2D eigenvalue weighted by atomic mass is 9.60. The monoisotopic (exact) mass is 493 g/mol. The lowest BCUT2D eigenvalue weighted by Gasteiger charge is -2.45. The number of alkyl halides is 1. The molecule has 2 N–H and O–H groups in total. The van der Waals surface area contributed by atoms with E-state index in [1.54, 1.807) is 25.3 Å². The summed E-state index contributed by atoms with van der Waals surface area (Å²) in [5.41, 5.74) is 1.44. The summed E-state index contributed by atoms with van der Waals surface area (Å²) >= 11 is 1.24. The summed E-state index contributed by atoms with van der Waals surface area (Å²) in [5.74, 6) is -1.49. The number of allylic oxidation sites excluding steroid dienone is 1. The van der Waals surface area contributed by atoms with E-state index in [1.165, 1.54) is 11.3 Å². The van der Waals surface area contributed by atoms with Crippen molar-refractivity contribution in [1.29, 1.82) is 0 Å². The molecule has 2 heterocycles. The van der Waals surface area contributed by atoms with E-state index in [0.717, 1.165) is 30.4 Å². The number of esters is 1. The van der Waals surface area contributed by atoms with Gasteiger partial charge in [0.15, 0.2) is 0 Å². The standard InChI is InChI=1S/C26H36FNO5S/c1-15-6-5-7-18-12-26(4,25(32)17(3)24(18)31)21(29)11-23(30)33-20(9-8-15)16(2)10-19-14-34-22(13-27)28-19/h8,10,14,17-18,20-21,24,29,31H,5-7,9,11-13H2,1-4H3/b15-8-,16-10+/t17-,18-,20+,21+,24-,26-/m1/s1. The molecule has 0 radical (unpaired) electrons. The first kappa shape index (κ1) is 26.7. The maximum atomic E-state index is 13.1. The van der Waals surface area contributed by atoms with Gasteiger partial charge in [0.25, 0.3) is 0 Å². The molecule has 2 aliphatic rings. The first-order chi connectivity index (χ1) is 16.0. The Labute approximate surface area is 204 Å². The molecule has 2 bridgehead atoms. The highest BCUT2D eigenvalue weighted by atomic mass is 32.1. The van der Waals surface area contributed by atoms with Gasteiger partial charge in [0.2, 0.25) is 0 Å². The van der Waals surface area contributed by atoms with Crippen LogP contribution in [0.3, 0.4) is 0 Å². The maximum Gasteiger partial charge on any atom is 0.309 e. The summed E-state index contributed by atoms with van der Waals surface area (Å²) in [7, 11) is 0. The lowest BCUT2D eigenvalue weighted by molar-refractivity contribution is -0.161. The number of ether oxygens (including phenoxy) is 1. The number of rotatable bonds is 3. The minimum atomic E-state index is -1.19. The number of aliphatic hydroxyl groups is 2. The molecule has 1 aliphatic carbocycles. The number of hydrogen-bond acceptors (Lipinski definition) is 7. The molecule has 1 aromatic rings. The van der Waals surface area contributed by atoms with E-state index >= 15 is 0 Å². The minimum absolute atomic E-state index is 0.107. The number of Topliss-reactive ketones (excluding diaryl/α,β-unsaturated/α-hetero) is 1. The zero-order chi connectivity index (χ0) is 25.0. The van der Waals surface area contributed by atoms with E-state index in [1.807, 2.05) is 13.8 Å². The average Bonchev–Trinajstić information content (AvgIpc) is 3.25. The van der Waals surface area contributed by atoms with Crippen molar-refractivity contribution in [2.75, 3.05) is 0 Å². The third kappa shape index (κ3) is 6.01. The van der Waals surface area contributed by atoms with Gasteiger partial charge in [-0.1, -0.05) is 25.5 Å². The minimum Gasteiger partial charge on any atom is -0.457 e. The summed E-state index contributed by atoms with van der Waals surface area (Å²) < 4.78 is 18.6. The Morgan fingerprint density at radius 3 is 2.79 bits per heavy atom. The Kier molecular flexibility index (Phi) is 8.82. The largest absolute Gasteiger partial charge is 0.457 e. The van der Waals surface area contributed by atoms with Gasteiger partial charge in [0.05, 0.1) is 29.7 Å². The van der Waals surface area contributed by atoms with Gasteiger partial charge in [-0.15, -0.1) is 11.3 Å². The van der Waals surface area contributed by atoms with Gasteiger partial charge < -0.3 is 14.9 Å². The molecule has 1 aliphatic heterocycles. The number of thiazole rings is 1. The summed E-state index contributed by atoms with van der Waals surface area (Å²) in [5, 5.41) is 23.8. The fourth-order valence-electron chi connectivity index (χ4n) is 5.17. The molecule has 1 fully saturated rings. The van der Waals surface area contributed by atoms with Gasteiger partial charge >= 0.3 is 5.97 Å². The highest BCUT2D eigenvalue weighted by Gasteiger charge is 2.51. The third-order valence-corrected chi connectivity index (χ3v) is 8.25. The van der Waals surface area contributed by atoms with E-state index < -0.39 is 42.3 Å². The van der Waals surface area contributed by atoms with Crippen LogP contribution >= 0.6 is 11.3 Å². The van der Waals surface area contributed by atoms with Crippen molar-refractivity contribution >= 4 is 29.2 Å². The summed E-state index contributed by atoms with van der Waals surface area (Å²) in [6.45, 7) is 6.66. The van der Waals surface area contributed by atoms with E-state index in [0.29, 0.717) is 23.5 Å². The predicted octanol–water partition coefficient (Wildman–Crippen LogP) is 4.79. The topological polar surface area (TPSA) is 96.7 Å². The number of carbonyl (C=O) groups excluding carboxylic acids is 2. The maximum absolute atomic E-state index is 13.1. The van der Waals surface area contributed by atoms with Crippen LogP contribution in [0.25, 0.3) is 6.08 Å². The van der Waals surface area contributed by atoms with Gasteiger partial charge in [-0.25, -0.2) is 9.37 Å². The van der Waals surface area contributed by atoms with E-state index in [9.17, 15) is 24.2 Å². The van der Waals surface area contributed by atoms with Crippen molar-refractivity contribution in [3.63, 3.8) is 0 Å². The Balaban J connectivity index is 1.87. The second-order valence-electron chi connectivity index (χ2n) is 10.1. The number of aromatic nitrogens is 1. The van der Waals surface area contributed by atoms with Crippen LogP contribution < -0.4 is 0 Å². The second-order valence-corrected chi connectivity index (χ2v) is 11.0. The molecule has 34 heavy (non-hydrogen) atoms. The van der Waals surface area contributed by atoms with Gasteiger partial charge in [0.1, 0.15) is 23.6 Å². The second kappa shape index (κ2) is 11.2. The molecule has 0 spiro atoms. The Morgan fingerprint density at radius 2 is 2.12 bits per heavy atom. The van der Waals surface area contributed by atoms with Crippen LogP contribution in [0.2, 0.25) is 0 Å². The summed E-state index contributed by atoms with van der Waals surface area (Å²) in [6, 6.07) is 0. The fraction of sp³-hybridized carbons (Fsp3) is 0.654. The SMILES string of the molecule is C/C1=C/C[C@@H](/C(C)=C/c2csc(CF)n2)OC(=O)C[C@H](O)[C@@]2(C)C[C@@H](CCC1)[C@H](O)[C@@H](C)C2=O. The van der Waals surface area contributed by atoms with Crippen molar-refractivity contribution in [2.24, 2.45) is 17.3 Å². The number of cyclic esters (lactones) is 1. The number of aliphatic hydroxyl groups excluding tert-OH is 2. The number of ketones is 1. The quantitative estimate of drug-likeness (QED) is 0.464. The van der Waals surface area contributed by atoms with Crippen molar-refractivity contribution in [1.82, 2.24) is 4.98 Å². The third-order valence-electron chi connectivity index (χ3n) is 7.42. The molecule has 1 aromatic heterocycles. The van der Waals surface area contributed by atoms with Crippen LogP contribution in [-0.4, -0.2) is 45.3 Å². The molecule has 0 amide bonds.